The molecule has 2 aromatic heterocycles. The average Bonchev–Trinajstić information content (AvgIpc) is 3.47. The molecule has 1 aromatic carbocycles. The van der Waals surface area contributed by atoms with E-state index in [0.717, 1.165) is 12.8 Å². The fourth-order valence-corrected chi connectivity index (χ4v) is 3.94. The molecule has 3 aromatic rings. The van der Waals surface area contributed by atoms with Crippen molar-refractivity contribution in [3.8, 4) is 22.8 Å². The van der Waals surface area contributed by atoms with Crippen molar-refractivity contribution in [3.05, 3.63) is 47.8 Å². The number of rotatable bonds is 10. The number of aromatic nitrogens is 2. The van der Waals surface area contributed by atoms with Gasteiger partial charge in [0.2, 0.25) is 0 Å². The Morgan fingerprint density at radius 2 is 2.00 bits per heavy atom. The van der Waals surface area contributed by atoms with E-state index in [9.17, 15) is 18.7 Å². The highest BCUT2D eigenvalue weighted by molar-refractivity contribution is 6.02. The summed E-state index contributed by atoms with van der Waals surface area (Å²) in [6, 6.07) is 6.49. The minimum atomic E-state index is -3.09. The SMILES string of the molecule is COCC(C)(O)c1ccn2c(-c3cc(OC)c(C(=O)CC4CC4)c(OC(F)F)c3)cnc2c1. The molecule has 1 N–H and O–H groups in total. The zero-order chi connectivity index (χ0) is 23.8. The summed E-state index contributed by atoms with van der Waals surface area (Å²) in [5.41, 5.74) is 1.07. The quantitative estimate of drug-likeness (QED) is 0.450. The molecule has 1 unspecified atom stereocenters. The number of ether oxygens (including phenoxy) is 3. The van der Waals surface area contributed by atoms with Crippen LogP contribution in [0.5, 0.6) is 11.5 Å². The highest BCUT2D eigenvalue weighted by atomic mass is 19.3. The van der Waals surface area contributed by atoms with Crippen molar-refractivity contribution in [1.29, 1.82) is 0 Å². The molecule has 1 atom stereocenters. The zero-order valence-corrected chi connectivity index (χ0v) is 18.7. The van der Waals surface area contributed by atoms with Gasteiger partial charge < -0.3 is 19.3 Å². The summed E-state index contributed by atoms with van der Waals surface area (Å²) in [6.45, 7) is -1.34. The van der Waals surface area contributed by atoms with Crippen LogP contribution in [-0.4, -0.2) is 47.7 Å². The lowest BCUT2D eigenvalue weighted by Crippen LogP contribution is -2.27. The molecule has 4 rings (SSSR count). The van der Waals surface area contributed by atoms with Crippen LogP contribution in [0.2, 0.25) is 0 Å². The maximum Gasteiger partial charge on any atom is 0.387 e. The minimum absolute atomic E-state index is 0.0279. The van der Waals surface area contributed by atoms with E-state index in [4.69, 9.17) is 14.2 Å². The average molecular weight is 460 g/mol. The first kappa shape index (κ1) is 23.1. The van der Waals surface area contributed by atoms with Crippen LogP contribution in [-0.2, 0) is 10.3 Å². The Balaban J connectivity index is 1.78. The van der Waals surface area contributed by atoms with E-state index in [1.807, 2.05) is 0 Å². The molecule has 1 aliphatic carbocycles. The van der Waals surface area contributed by atoms with E-state index in [0.29, 0.717) is 22.5 Å². The molecule has 1 fully saturated rings. The molecule has 9 heteroatoms. The number of methoxy groups -OCH3 is 2. The van der Waals surface area contributed by atoms with Crippen molar-refractivity contribution < 1.29 is 32.9 Å². The summed E-state index contributed by atoms with van der Waals surface area (Å²) >= 11 is 0. The van der Waals surface area contributed by atoms with E-state index >= 15 is 0 Å². The Morgan fingerprint density at radius 3 is 2.64 bits per heavy atom. The molecule has 2 heterocycles. The highest BCUT2D eigenvalue weighted by Gasteiger charge is 2.30. The van der Waals surface area contributed by atoms with Crippen LogP contribution in [0.4, 0.5) is 8.78 Å². The molecular weight excluding hydrogens is 434 g/mol. The van der Waals surface area contributed by atoms with Crippen molar-refractivity contribution in [2.45, 2.75) is 38.4 Å². The van der Waals surface area contributed by atoms with Crippen LogP contribution in [0.3, 0.4) is 0 Å². The summed E-state index contributed by atoms with van der Waals surface area (Å²) in [5, 5.41) is 10.6. The standard InChI is InChI=1S/C24H26F2N2O5/c1-24(30,13-31-2)16-6-7-28-17(12-27-21(28)11-16)15-9-19(32-3)22(18(29)8-14-4-5-14)20(10-15)33-23(25)26/h6-7,9-12,14,23,30H,4-5,8,13H2,1-3H3. The number of alkyl halides is 2. The van der Waals surface area contributed by atoms with Gasteiger partial charge in [0.15, 0.2) is 5.78 Å². The smallest absolute Gasteiger partial charge is 0.387 e. The predicted molar refractivity (Wildman–Crippen MR) is 117 cm³/mol. The van der Waals surface area contributed by atoms with Crippen molar-refractivity contribution >= 4 is 11.4 Å². The van der Waals surface area contributed by atoms with Gasteiger partial charge in [0.25, 0.3) is 0 Å². The Kier molecular flexibility index (Phi) is 6.36. The number of hydrogen-bond acceptors (Lipinski definition) is 6. The van der Waals surface area contributed by atoms with Gasteiger partial charge in [-0.05, 0) is 55.5 Å². The van der Waals surface area contributed by atoms with Crippen LogP contribution >= 0.6 is 0 Å². The predicted octanol–water partition coefficient (Wildman–Crippen LogP) is 4.45. The lowest BCUT2D eigenvalue weighted by atomic mass is 9.98. The number of hydrogen-bond donors (Lipinski definition) is 1. The van der Waals surface area contributed by atoms with Crippen molar-refractivity contribution in [2.75, 3.05) is 20.8 Å². The van der Waals surface area contributed by atoms with E-state index in [-0.39, 0.29) is 41.8 Å². The van der Waals surface area contributed by atoms with E-state index in [1.165, 1.54) is 20.3 Å². The van der Waals surface area contributed by atoms with Gasteiger partial charge in [0, 0.05) is 25.3 Å². The maximum absolute atomic E-state index is 13.2. The normalized spacial score (nSPS) is 15.6. The second-order valence-electron chi connectivity index (χ2n) is 8.49. The molecule has 0 spiro atoms. The molecule has 176 valence electrons. The third kappa shape index (κ3) is 4.84. The molecular formula is C24H26F2N2O5. The van der Waals surface area contributed by atoms with E-state index in [1.54, 1.807) is 41.9 Å². The molecule has 0 saturated heterocycles. The Morgan fingerprint density at radius 1 is 1.27 bits per heavy atom. The minimum Gasteiger partial charge on any atom is -0.496 e. The zero-order valence-electron chi connectivity index (χ0n) is 18.7. The topological polar surface area (TPSA) is 82.3 Å². The van der Waals surface area contributed by atoms with Gasteiger partial charge >= 0.3 is 6.61 Å². The number of benzene rings is 1. The molecule has 0 amide bonds. The van der Waals surface area contributed by atoms with Crippen LogP contribution in [0, 0.1) is 5.92 Å². The van der Waals surface area contributed by atoms with Crippen LogP contribution < -0.4 is 9.47 Å². The third-order valence-electron chi connectivity index (χ3n) is 5.81. The van der Waals surface area contributed by atoms with E-state index in [2.05, 4.69) is 4.98 Å². The third-order valence-corrected chi connectivity index (χ3v) is 5.81. The molecule has 0 radical (unpaired) electrons. The second kappa shape index (κ2) is 9.07. The number of nitrogens with zero attached hydrogens (tertiary/aromatic N) is 2. The monoisotopic (exact) mass is 460 g/mol. The number of imidazole rings is 1. The van der Waals surface area contributed by atoms with Gasteiger partial charge in [0.1, 0.15) is 28.3 Å². The molecule has 0 bridgehead atoms. The summed E-state index contributed by atoms with van der Waals surface area (Å²) in [7, 11) is 2.89. The molecule has 33 heavy (non-hydrogen) atoms. The van der Waals surface area contributed by atoms with Gasteiger partial charge in [-0.1, -0.05) is 0 Å². The van der Waals surface area contributed by atoms with Gasteiger partial charge in [-0.3, -0.25) is 9.20 Å². The summed E-state index contributed by atoms with van der Waals surface area (Å²) in [5.74, 6) is -0.0488. The van der Waals surface area contributed by atoms with Crippen molar-refractivity contribution in [1.82, 2.24) is 9.38 Å². The van der Waals surface area contributed by atoms with Crippen LogP contribution in [0.25, 0.3) is 16.9 Å². The van der Waals surface area contributed by atoms with Crippen molar-refractivity contribution in [2.24, 2.45) is 5.92 Å². The first-order valence-corrected chi connectivity index (χ1v) is 10.6. The number of carbonyl (C=O) groups excluding carboxylic acids is 1. The summed E-state index contributed by atoms with van der Waals surface area (Å²) < 4.78 is 43.4. The molecule has 1 saturated carbocycles. The Hall–Kier alpha value is -3.04. The first-order chi connectivity index (χ1) is 15.7. The van der Waals surface area contributed by atoms with Crippen molar-refractivity contribution in [3.63, 3.8) is 0 Å². The lowest BCUT2D eigenvalue weighted by molar-refractivity contribution is -0.0502. The van der Waals surface area contributed by atoms with Gasteiger partial charge in [-0.2, -0.15) is 8.78 Å². The largest absolute Gasteiger partial charge is 0.496 e. The number of aliphatic hydroxyl groups is 1. The molecule has 7 nitrogen and oxygen atoms in total. The van der Waals surface area contributed by atoms with Gasteiger partial charge in [-0.15, -0.1) is 0 Å². The van der Waals surface area contributed by atoms with Crippen LogP contribution in [0.15, 0.2) is 36.7 Å². The summed E-state index contributed by atoms with van der Waals surface area (Å²) in [6.07, 6.45) is 5.49. The van der Waals surface area contributed by atoms with Crippen LogP contribution in [0.1, 0.15) is 42.1 Å². The molecule has 1 aliphatic rings. The van der Waals surface area contributed by atoms with E-state index < -0.39 is 12.2 Å². The summed E-state index contributed by atoms with van der Waals surface area (Å²) in [4.78, 5) is 17.2. The number of fused-ring (bicyclic) bond motifs is 1. The number of Topliss-reactive ketones (excluding diaryl/α,β-unsaturated/α-hetero) is 1. The second-order valence-corrected chi connectivity index (χ2v) is 8.49. The number of ketones is 1. The highest BCUT2D eigenvalue weighted by Crippen LogP contribution is 2.40. The van der Waals surface area contributed by atoms with Gasteiger partial charge in [-0.25, -0.2) is 4.98 Å². The Bertz CT molecular complexity index is 1170. The fraction of sp³-hybridized carbons (Fsp3) is 0.417. The fourth-order valence-electron chi connectivity index (χ4n) is 3.94. The number of pyridine rings is 1. The first-order valence-electron chi connectivity index (χ1n) is 10.6. The van der Waals surface area contributed by atoms with Gasteiger partial charge in [0.05, 0.1) is 25.6 Å². The Labute approximate surface area is 189 Å². The maximum atomic E-state index is 13.2. The number of carbonyl (C=O) groups is 1. The lowest BCUT2D eigenvalue weighted by Gasteiger charge is -2.22. The number of halogens is 2. The molecule has 0 aliphatic heterocycles.